The van der Waals surface area contributed by atoms with Crippen molar-refractivity contribution in [2.75, 3.05) is 10.6 Å². The minimum Gasteiger partial charge on any atom is -0.308 e. The van der Waals surface area contributed by atoms with Gasteiger partial charge in [0.15, 0.2) is 0 Å². The summed E-state index contributed by atoms with van der Waals surface area (Å²) in [7, 11) is 3.41. The fourth-order valence-electron chi connectivity index (χ4n) is 2.41. The summed E-state index contributed by atoms with van der Waals surface area (Å²) in [4.78, 5) is 23.9. The van der Waals surface area contributed by atoms with Gasteiger partial charge < -0.3 is 10.6 Å². The van der Waals surface area contributed by atoms with Crippen LogP contribution in [-0.4, -0.2) is 15.2 Å². The number of benzene rings is 2. The van der Waals surface area contributed by atoms with Gasteiger partial charge in [-0.25, -0.2) is 9.59 Å². The van der Waals surface area contributed by atoms with Crippen molar-refractivity contribution in [2.45, 2.75) is 0 Å². The van der Waals surface area contributed by atoms with Crippen LogP contribution in [0.4, 0.5) is 16.2 Å². The largest absolute Gasteiger partial charge is 0.328 e. The number of aryl methyl sites for hydroxylation is 2. The van der Waals surface area contributed by atoms with Crippen LogP contribution in [-0.2, 0) is 14.1 Å². The van der Waals surface area contributed by atoms with Gasteiger partial charge in [0.05, 0.1) is 11.0 Å². The number of fused-ring (bicyclic) bond motifs is 1. The van der Waals surface area contributed by atoms with Crippen LogP contribution >= 0.6 is 11.6 Å². The quantitative estimate of drug-likeness (QED) is 0.757. The maximum atomic E-state index is 12.0. The number of hydrogen-bond donors (Lipinski definition) is 2. The zero-order chi connectivity index (χ0) is 16.6. The molecular formula is C16H15ClN4O2. The fourth-order valence-corrected chi connectivity index (χ4v) is 2.54. The number of carbonyl (C=O) groups excluding carboxylic acids is 1. The number of hydrogen-bond acceptors (Lipinski definition) is 2. The number of nitrogens with one attached hydrogen (secondary N) is 2. The van der Waals surface area contributed by atoms with E-state index in [9.17, 15) is 9.59 Å². The molecule has 7 heteroatoms. The molecule has 0 spiro atoms. The van der Waals surface area contributed by atoms with Gasteiger partial charge in [-0.15, -0.1) is 0 Å². The van der Waals surface area contributed by atoms with Gasteiger partial charge in [0.1, 0.15) is 0 Å². The van der Waals surface area contributed by atoms with Crippen LogP contribution < -0.4 is 16.3 Å². The first kappa shape index (κ1) is 15.2. The summed E-state index contributed by atoms with van der Waals surface area (Å²) in [6.45, 7) is 0. The third kappa shape index (κ3) is 2.93. The fraction of sp³-hybridized carbons (Fsp3) is 0.125. The van der Waals surface area contributed by atoms with Crippen molar-refractivity contribution in [3.63, 3.8) is 0 Å². The third-order valence-electron chi connectivity index (χ3n) is 3.63. The maximum absolute atomic E-state index is 12.0. The van der Waals surface area contributed by atoms with Crippen LogP contribution in [0.5, 0.6) is 0 Å². The van der Waals surface area contributed by atoms with Crippen LogP contribution in [0.2, 0.25) is 5.02 Å². The highest BCUT2D eigenvalue weighted by molar-refractivity contribution is 6.30. The summed E-state index contributed by atoms with van der Waals surface area (Å²) in [6, 6.07) is 11.8. The SMILES string of the molecule is Cn1c(=O)n(C)c2cc(NC(=O)Nc3ccc(Cl)cc3)ccc21. The molecule has 3 rings (SSSR count). The lowest BCUT2D eigenvalue weighted by atomic mass is 10.2. The van der Waals surface area contributed by atoms with Crippen molar-refractivity contribution in [3.05, 3.63) is 58.0 Å². The summed E-state index contributed by atoms with van der Waals surface area (Å²) in [5.74, 6) is 0. The van der Waals surface area contributed by atoms with Crippen molar-refractivity contribution in [3.8, 4) is 0 Å². The molecule has 1 aromatic heterocycles. The molecule has 2 aromatic carbocycles. The average molecular weight is 331 g/mol. The van der Waals surface area contributed by atoms with Gasteiger partial charge in [0.25, 0.3) is 0 Å². The van der Waals surface area contributed by atoms with Crippen molar-refractivity contribution >= 4 is 40.0 Å². The van der Waals surface area contributed by atoms with Crippen molar-refractivity contribution in [1.82, 2.24) is 9.13 Å². The molecule has 0 aliphatic carbocycles. The number of halogens is 1. The third-order valence-corrected chi connectivity index (χ3v) is 3.88. The summed E-state index contributed by atoms with van der Waals surface area (Å²) in [5, 5.41) is 6.06. The number of rotatable bonds is 2. The van der Waals surface area contributed by atoms with E-state index in [0.717, 1.165) is 11.0 Å². The van der Waals surface area contributed by atoms with E-state index in [-0.39, 0.29) is 11.7 Å². The van der Waals surface area contributed by atoms with Crippen LogP contribution in [0.15, 0.2) is 47.3 Å². The number of urea groups is 1. The average Bonchev–Trinajstić information content (AvgIpc) is 2.74. The van der Waals surface area contributed by atoms with Gasteiger partial charge in [-0.05, 0) is 42.5 Å². The van der Waals surface area contributed by atoms with E-state index in [1.54, 1.807) is 61.1 Å². The van der Waals surface area contributed by atoms with E-state index in [1.807, 2.05) is 0 Å². The molecule has 118 valence electrons. The Hall–Kier alpha value is -2.73. The summed E-state index contributed by atoms with van der Waals surface area (Å²) in [6.07, 6.45) is 0. The van der Waals surface area contributed by atoms with E-state index in [1.165, 1.54) is 4.57 Å². The Morgan fingerprint density at radius 3 is 2.17 bits per heavy atom. The van der Waals surface area contributed by atoms with E-state index in [4.69, 9.17) is 11.6 Å². The minimum atomic E-state index is -0.368. The predicted molar refractivity (Wildman–Crippen MR) is 92.3 cm³/mol. The van der Waals surface area contributed by atoms with Crippen LogP contribution in [0, 0.1) is 0 Å². The molecule has 0 fully saturated rings. The normalized spacial score (nSPS) is 10.7. The molecule has 0 aliphatic heterocycles. The maximum Gasteiger partial charge on any atom is 0.328 e. The lowest BCUT2D eigenvalue weighted by Gasteiger charge is -2.08. The molecule has 0 saturated heterocycles. The van der Waals surface area contributed by atoms with E-state index in [2.05, 4.69) is 10.6 Å². The van der Waals surface area contributed by atoms with Crippen LogP contribution in [0.3, 0.4) is 0 Å². The number of amides is 2. The highest BCUT2D eigenvalue weighted by atomic mass is 35.5. The molecule has 0 aliphatic rings. The highest BCUT2D eigenvalue weighted by Crippen LogP contribution is 2.18. The Kier molecular flexibility index (Phi) is 3.83. The van der Waals surface area contributed by atoms with Crippen LogP contribution in [0.1, 0.15) is 0 Å². The molecule has 0 radical (unpaired) electrons. The Bertz CT molecular complexity index is 941. The topological polar surface area (TPSA) is 68.1 Å². The number of aromatic nitrogens is 2. The molecule has 6 nitrogen and oxygen atoms in total. The zero-order valence-electron chi connectivity index (χ0n) is 12.6. The van der Waals surface area contributed by atoms with Crippen molar-refractivity contribution in [1.29, 1.82) is 0 Å². The number of carbonyl (C=O) groups is 1. The summed E-state index contributed by atoms with van der Waals surface area (Å²) in [5.41, 5.74) is 2.69. The first-order valence-electron chi connectivity index (χ1n) is 6.95. The number of imidazole rings is 1. The standard InChI is InChI=1S/C16H15ClN4O2/c1-20-13-8-7-12(9-14(13)21(2)16(20)23)19-15(22)18-11-5-3-10(17)4-6-11/h3-9H,1-2H3,(H2,18,19,22). The van der Waals surface area contributed by atoms with Crippen molar-refractivity contribution < 1.29 is 4.79 Å². The number of anilines is 2. The number of nitrogens with zero attached hydrogens (tertiary/aromatic N) is 2. The zero-order valence-corrected chi connectivity index (χ0v) is 13.4. The molecule has 2 N–H and O–H groups in total. The van der Waals surface area contributed by atoms with Crippen molar-refractivity contribution in [2.24, 2.45) is 14.1 Å². The first-order valence-corrected chi connectivity index (χ1v) is 7.32. The molecule has 2 amide bonds. The second-order valence-electron chi connectivity index (χ2n) is 5.19. The Balaban J connectivity index is 1.81. The Labute approximate surface area is 137 Å². The Morgan fingerprint density at radius 1 is 0.913 bits per heavy atom. The molecule has 0 atom stereocenters. The molecule has 0 saturated carbocycles. The van der Waals surface area contributed by atoms with Gasteiger partial charge >= 0.3 is 11.7 Å². The van der Waals surface area contributed by atoms with E-state index < -0.39 is 0 Å². The monoisotopic (exact) mass is 330 g/mol. The summed E-state index contributed by atoms with van der Waals surface area (Å²) < 4.78 is 3.10. The lowest BCUT2D eigenvalue weighted by molar-refractivity contribution is 0.262. The van der Waals surface area contributed by atoms with Gasteiger partial charge in [-0.3, -0.25) is 9.13 Å². The molecule has 3 aromatic rings. The minimum absolute atomic E-state index is 0.109. The molecular weight excluding hydrogens is 316 g/mol. The van der Waals surface area contributed by atoms with E-state index >= 15 is 0 Å². The second kappa shape index (κ2) is 5.81. The van der Waals surface area contributed by atoms with Gasteiger partial charge in [-0.2, -0.15) is 0 Å². The van der Waals surface area contributed by atoms with Crippen LogP contribution in [0.25, 0.3) is 11.0 Å². The summed E-state index contributed by atoms with van der Waals surface area (Å²) >= 11 is 5.80. The van der Waals surface area contributed by atoms with E-state index in [0.29, 0.717) is 16.4 Å². The second-order valence-corrected chi connectivity index (χ2v) is 5.63. The van der Waals surface area contributed by atoms with Gasteiger partial charge in [-0.1, -0.05) is 11.6 Å². The molecule has 23 heavy (non-hydrogen) atoms. The molecule has 0 bridgehead atoms. The first-order chi connectivity index (χ1) is 11.0. The van der Waals surface area contributed by atoms with Gasteiger partial charge in [0.2, 0.25) is 0 Å². The smallest absolute Gasteiger partial charge is 0.308 e. The molecule has 1 heterocycles. The molecule has 0 unspecified atom stereocenters. The Morgan fingerprint density at radius 2 is 1.48 bits per heavy atom. The predicted octanol–water partition coefficient (Wildman–Crippen LogP) is 3.17. The lowest BCUT2D eigenvalue weighted by Crippen LogP contribution is -2.19. The van der Waals surface area contributed by atoms with Gasteiger partial charge in [0, 0.05) is 30.5 Å². The highest BCUT2D eigenvalue weighted by Gasteiger charge is 2.09.